The van der Waals surface area contributed by atoms with Crippen LogP contribution in [0.25, 0.3) is 0 Å². The lowest BCUT2D eigenvalue weighted by Gasteiger charge is -2.01. The van der Waals surface area contributed by atoms with Crippen molar-refractivity contribution in [1.29, 1.82) is 0 Å². The van der Waals surface area contributed by atoms with Gasteiger partial charge < -0.3 is 11.1 Å². The summed E-state index contributed by atoms with van der Waals surface area (Å²) in [5.74, 6) is 6.50. The Morgan fingerprint density at radius 1 is 1.62 bits per heavy atom. The lowest BCUT2D eigenvalue weighted by Crippen LogP contribution is -2.05. The van der Waals surface area contributed by atoms with Crippen LogP contribution in [0.3, 0.4) is 0 Å². The van der Waals surface area contributed by atoms with E-state index in [-0.39, 0.29) is 0 Å². The van der Waals surface area contributed by atoms with Crippen LogP contribution in [-0.4, -0.2) is 16.5 Å². The summed E-state index contributed by atoms with van der Waals surface area (Å²) >= 11 is 3.21. The maximum absolute atomic E-state index is 5.51. The van der Waals surface area contributed by atoms with E-state index < -0.39 is 0 Å². The lowest BCUT2D eigenvalue weighted by atomic mass is 10.5. The van der Waals surface area contributed by atoms with E-state index in [1.165, 1.54) is 0 Å². The molecule has 0 amide bonds. The fraction of sp³-hybridized carbons (Fsp3) is 0.250. The molecule has 0 bridgehead atoms. The Hall–Kier alpha value is -1.28. The van der Waals surface area contributed by atoms with Gasteiger partial charge in [0.2, 0.25) is 5.95 Å². The van der Waals surface area contributed by atoms with Crippen molar-refractivity contribution in [2.75, 3.05) is 17.6 Å². The molecule has 1 heterocycles. The average Bonchev–Trinajstić information content (AvgIpc) is 2.03. The monoisotopic (exact) mass is 240 g/mol. The summed E-state index contributed by atoms with van der Waals surface area (Å²) in [4.78, 5) is 8.02. The lowest BCUT2D eigenvalue weighted by molar-refractivity contribution is 1.11. The number of nitrogen functional groups attached to an aromatic ring is 1. The Labute approximate surface area is 85.1 Å². The third-order valence-electron chi connectivity index (χ3n) is 1.23. The number of aromatic nitrogens is 2. The molecule has 1 aromatic heterocycles. The molecule has 0 aromatic carbocycles. The van der Waals surface area contributed by atoms with Crippen molar-refractivity contribution in [3.8, 4) is 11.8 Å². The first-order valence-electron chi connectivity index (χ1n) is 3.66. The van der Waals surface area contributed by atoms with Crippen LogP contribution in [0, 0.1) is 11.8 Å². The molecule has 4 nitrogen and oxygen atoms in total. The van der Waals surface area contributed by atoms with Crippen LogP contribution < -0.4 is 11.1 Å². The van der Waals surface area contributed by atoms with Gasteiger partial charge in [0.25, 0.3) is 0 Å². The maximum Gasteiger partial charge on any atom is 0.226 e. The Kier molecular flexibility index (Phi) is 3.53. The van der Waals surface area contributed by atoms with Gasteiger partial charge in [0.1, 0.15) is 10.4 Å². The van der Waals surface area contributed by atoms with E-state index in [0.717, 1.165) is 0 Å². The summed E-state index contributed by atoms with van der Waals surface area (Å²) in [7, 11) is 0. The molecule has 13 heavy (non-hydrogen) atoms. The number of nitrogens with one attached hydrogen (secondary N) is 1. The molecule has 0 aliphatic carbocycles. The molecule has 0 radical (unpaired) electrons. The Morgan fingerprint density at radius 3 is 3.00 bits per heavy atom. The Balaban J connectivity index is 2.69. The summed E-state index contributed by atoms with van der Waals surface area (Å²) in [6.45, 7) is 2.30. The fourth-order valence-corrected chi connectivity index (χ4v) is 1.13. The van der Waals surface area contributed by atoms with E-state index in [1.807, 2.05) is 0 Å². The fourth-order valence-electron chi connectivity index (χ4n) is 0.726. The number of halogens is 1. The SMILES string of the molecule is CC#CCNc1nc(N)cc(Br)n1. The van der Waals surface area contributed by atoms with Crippen molar-refractivity contribution in [2.45, 2.75) is 6.92 Å². The van der Waals surface area contributed by atoms with Gasteiger partial charge >= 0.3 is 0 Å². The number of rotatable bonds is 2. The average molecular weight is 241 g/mol. The Bertz CT molecular complexity index is 333. The molecule has 0 aliphatic rings. The minimum atomic E-state index is 0.425. The van der Waals surface area contributed by atoms with Gasteiger partial charge in [-0.3, -0.25) is 0 Å². The zero-order valence-corrected chi connectivity index (χ0v) is 8.72. The smallest absolute Gasteiger partial charge is 0.226 e. The van der Waals surface area contributed by atoms with Gasteiger partial charge in [0.15, 0.2) is 0 Å². The highest BCUT2D eigenvalue weighted by Gasteiger charge is 1.97. The molecule has 0 fully saturated rings. The summed E-state index contributed by atoms with van der Waals surface area (Å²) in [6, 6.07) is 1.64. The molecule has 68 valence electrons. The molecule has 1 aromatic rings. The van der Waals surface area contributed by atoms with Crippen LogP contribution in [0.1, 0.15) is 6.92 Å². The van der Waals surface area contributed by atoms with Crippen molar-refractivity contribution in [2.24, 2.45) is 0 Å². The van der Waals surface area contributed by atoms with Crippen LogP contribution in [0.15, 0.2) is 10.7 Å². The van der Waals surface area contributed by atoms with Gasteiger partial charge in [-0.15, -0.1) is 5.92 Å². The highest BCUT2D eigenvalue weighted by Crippen LogP contribution is 2.11. The maximum atomic E-state index is 5.51. The molecule has 0 unspecified atom stereocenters. The number of anilines is 2. The third-order valence-corrected chi connectivity index (χ3v) is 1.63. The predicted octanol–water partition coefficient (Wildman–Crippen LogP) is 1.26. The number of nitrogens with two attached hydrogens (primary N) is 1. The number of hydrogen-bond donors (Lipinski definition) is 2. The zero-order chi connectivity index (χ0) is 9.68. The molecule has 0 saturated carbocycles. The normalized spacial score (nSPS) is 8.77. The van der Waals surface area contributed by atoms with Crippen molar-refractivity contribution in [1.82, 2.24) is 9.97 Å². The minimum absolute atomic E-state index is 0.425. The van der Waals surface area contributed by atoms with Crippen LogP contribution >= 0.6 is 15.9 Å². The van der Waals surface area contributed by atoms with E-state index in [4.69, 9.17) is 5.73 Å². The molecule has 3 N–H and O–H groups in total. The van der Waals surface area contributed by atoms with E-state index >= 15 is 0 Å². The number of hydrogen-bond acceptors (Lipinski definition) is 4. The van der Waals surface area contributed by atoms with E-state index in [9.17, 15) is 0 Å². The van der Waals surface area contributed by atoms with E-state index in [0.29, 0.717) is 22.9 Å². The van der Waals surface area contributed by atoms with Crippen molar-refractivity contribution >= 4 is 27.7 Å². The van der Waals surface area contributed by atoms with Crippen molar-refractivity contribution in [3.05, 3.63) is 10.7 Å². The molecule has 0 saturated heterocycles. The van der Waals surface area contributed by atoms with E-state index in [2.05, 4.69) is 43.1 Å². The van der Waals surface area contributed by atoms with Crippen LogP contribution in [0.2, 0.25) is 0 Å². The molecule has 1 rings (SSSR count). The van der Waals surface area contributed by atoms with Gasteiger partial charge in [-0.1, -0.05) is 5.92 Å². The van der Waals surface area contributed by atoms with Gasteiger partial charge in [0, 0.05) is 6.07 Å². The summed E-state index contributed by atoms with van der Waals surface area (Å²) in [6.07, 6.45) is 0. The standard InChI is InChI=1S/C8H9BrN4/c1-2-3-4-11-8-12-6(9)5-7(10)13-8/h5H,4H2,1H3,(H3,10,11,12,13). The van der Waals surface area contributed by atoms with Crippen molar-refractivity contribution in [3.63, 3.8) is 0 Å². The second-order valence-corrected chi connectivity index (χ2v) is 3.03. The van der Waals surface area contributed by atoms with Crippen LogP contribution in [0.5, 0.6) is 0 Å². The first-order valence-corrected chi connectivity index (χ1v) is 4.45. The summed E-state index contributed by atoms with van der Waals surface area (Å²) in [5, 5.41) is 2.92. The Morgan fingerprint density at radius 2 is 2.38 bits per heavy atom. The largest absolute Gasteiger partial charge is 0.383 e. The summed E-state index contributed by atoms with van der Waals surface area (Å²) in [5.41, 5.74) is 5.51. The van der Waals surface area contributed by atoms with Crippen molar-refractivity contribution < 1.29 is 0 Å². The minimum Gasteiger partial charge on any atom is -0.383 e. The number of nitrogens with zero attached hydrogens (tertiary/aromatic N) is 2. The highest BCUT2D eigenvalue weighted by atomic mass is 79.9. The molecular weight excluding hydrogens is 232 g/mol. The molecule has 0 aliphatic heterocycles. The van der Waals surface area contributed by atoms with Crippen LogP contribution in [-0.2, 0) is 0 Å². The third kappa shape index (κ3) is 3.30. The van der Waals surface area contributed by atoms with Crippen LogP contribution in [0.4, 0.5) is 11.8 Å². The topological polar surface area (TPSA) is 63.8 Å². The van der Waals surface area contributed by atoms with Gasteiger partial charge in [-0.05, 0) is 22.9 Å². The second-order valence-electron chi connectivity index (χ2n) is 2.22. The summed E-state index contributed by atoms with van der Waals surface area (Å²) < 4.78 is 0.659. The molecular formula is C8H9BrN4. The second kappa shape index (κ2) is 4.67. The molecule has 5 heteroatoms. The molecule has 0 spiro atoms. The van der Waals surface area contributed by atoms with Gasteiger partial charge in [-0.2, -0.15) is 4.98 Å². The molecule has 0 atom stereocenters. The van der Waals surface area contributed by atoms with E-state index in [1.54, 1.807) is 13.0 Å². The zero-order valence-electron chi connectivity index (χ0n) is 7.13. The predicted molar refractivity (Wildman–Crippen MR) is 56.1 cm³/mol. The van der Waals surface area contributed by atoms with Gasteiger partial charge in [-0.25, -0.2) is 4.98 Å². The first kappa shape index (κ1) is 9.81. The highest BCUT2D eigenvalue weighted by molar-refractivity contribution is 9.10. The first-order chi connectivity index (χ1) is 6.22. The quantitative estimate of drug-likeness (QED) is 0.604. The van der Waals surface area contributed by atoms with Gasteiger partial charge in [0.05, 0.1) is 6.54 Å².